The number of imide groups is 2. The maximum Gasteiger partial charge on any atom is 0.335 e. The molecule has 0 aromatic heterocycles. The Labute approximate surface area is 178 Å². The minimum absolute atomic E-state index is 0.103. The maximum atomic E-state index is 13.1. The highest BCUT2D eigenvalue weighted by Gasteiger charge is 2.37. The molecule has 1 heterocycles. The molecular weight excluding hydrogens is 392 g/mol. The fourth-order valence-electron chi connectivity index (χ4n) is 4.04. The van der Waals surface area contributed by atoms with Crippen LogP contribution in [0.1, 0.15) is 16.7 Å². The maximum absolute atomic E-state index is 13.1. The van der Waals surface area contributed by atoms with Crippen LogP contribution in [-0.2, 0) is 16.0 Å². The van der Waals surface area contributed by atoms with Crippen LogP contribution in [0.2, 0.25) is 0 Å². The first kappa shape index (κ1) is 18.8. The Bertz CT molecular complexity index is 1290. The summed E-state index contributed by atoms with van der Waals surface area (Å²) in [5.74, 6) is -0.893. The van der Waals surface area contributed by atoms with Gasteiger partial charge in [-0.15, -0.1) is 0 Å². The van der Waals surface area contributed by atoms with Crippen LogP contribution in [0.4, 0.5) is 10.5 Å². The zero-order chi connectivity index (χ0) is 21.5. The number of fused-ring (bicyclic) bond motifs is 3. The third-order valence-electron chi connectivity index (χ3n) is 5.55. The van der Waals surface area contributed by atoms with Crippen molar-refractivity contribution >= 4 is 29.6 Å². The second-order valence-corrected chi connectivity index (χ2v) is 7.41. The summed E-state index contributed by atoms with van der Waals surface area (Å²) in [6, 6.07) is 19.8. The van der Waals surface area contributed by atoms with Crippen molar-refractivity contribution in [1.82, 2.24) is 5.32 Å². The van der Waals surface area contributed by atoms with Crippen LogP contribution in [0.15, 0.2) is 72.3 Å². The molecule has 3 aromatic carbocycles. The van der Waals surface area contributed by atoms with E-state index in [0.29, 0.717) is 17.0 Å². The fraction of sp³-hybridized carbons (Fsp3) is 0.0800. The quantitative estimate of drug-likeness (QED) is 0.410. The summed E-state index contributed by atoms with van der Waals surface area (Å²) in [5, 5.41) is 2.25. The molecule has 2 aliphatic rings. The van der Waals surface area contributed by atoms with E-state index in [1.54, 1.807) is 24.3 Å². The van der Waals surface area contributed by atoms with Crippen molar-refractivity contribution in [3.05, 3.63) is 89.0 Å². The molecular formula is C25H18N2O4. The Hall–Kier alpha value is -4.19. The van der Waals surface area contributed by atoms with Gasteiger partial charge in [0.1, 0.15) is 11.3 Å². The van der Waals surface area contributed by atoms with Gasteiger partial charge >= 0.3 is 6.03 Å². The molecule has 0 saturated carbocycles. The molecule has 31 heavy (non-hydrogen) atoms. The fourth-order valence-corrected chi connectivity index (χ4v) is 4.04. The number of nitrogens with zero attached hydrogens (tertiary/aromatic N) is 1. The molecule has 0 unspecified atom stereocenters. The number of rotatable bonds is 3. The van der Waals surface area contributed by atoms with Gasteiger partial charge in [-0.3, -0.25) is 14.9 Å². The number of hydrogen-bond donors (Lipinski definition) is 1. The van der Waals surface area contributed by atoms with Gasteiger partial charge in [-0.05, 0) is 58.5 Å². The lowest BCUT2D eigenvalue weighted by molar-refractivity contribution is -0.122. The molecule has 3 aromatic rings. The first-order valence-electron chi connectivity index (χ1n) is 9.82. The highest BCUT2D eigenvalue weighted by Crippen LogP contribution is 2.37. The molecule has 1 N–H and O–H groups in total. The molecule has 1 aliphatic carbocycles. The number of amides is 4. The van der Waals surface area contributed by atoms with Gasteiger partial charge in [0.05, 0.1) is 12.8 Å². The number of urea groups is 1. The van der Waals surface area contributed by atoms with Crippen molar-refractivity contribution in [3.8, 4) is 16.9 Å². The van der Waals surface area contributed by atoms with E-state index in [1.807, 2.05) is 30.3 Å². The van der Waals surface area contributed by atoms with Crippen molar-refractivity contribution in [3.63, 3.8) is 0 Å². The predicted molar refractivity (Wildman–Crippen MR) is 117 cm³/mol. The average molecular weight is 410 g/mol. The molecule has 6 heteroatoms. The number of carbonyl (C=O) groups excluding carboxylic acids is 3. The average Bonchev–Trinajstić information content (AvgIpc) is 3.14. The van der Waals surface area contributed by atoms with E-state index in [2.05, 4.69) is 17.4 Å². The SMILES string of the molecule is COc1cccc(N2C(=O)NC(=O)/C(=C/c3ccc4c(c3)-c3ccccc3C4)C2=O)c1. The number of benzene rings is 3. The van der Waals surface area contributed by atoms with Crippen LogP contribution < -0.4 is 15.0 Å². The van der Waals surface area contributed by atoms with Gasteiger partial charge in [0.15, 0.2) is 0 Å². The van der Waals surface area contributed by atoms with Crippen LogP contribution in [0.5, 0.6) is 5.75 Å². The molecule has 0 bridgehead atoms. The van der Waals surface area contributed by atoms with Gasteiger partial charge in [-0.25, -0.2) is 9.69 Å². The van der Waals surface area contributed by atoms with Crippen molar-refractivity contribution in [2.75, 3.05) is 12.0 Å². The molecule has 0 atom stereocenters. The van der Waals surface area contributed by atoms with Crippen LogP contribution in [-0.4, -0.2) is 25.0 Å². The van der Waals surface area contributed by atoms with Crippen molar-refractivity contribution in [2.45, 2.75) is 6.42 Å². The topological polar surface area (TPSA) is 75.7 Å². The first-order chi connectivity index (χ1) is 15.0. The van der Waals surface area contributed by atoms with Gasteiger partial charge in [0.25, 0.3) is 11.8 Å². The second kappa shape index (κ2) is 7.25. The lowest BCUT2D eigenvalue weighted by Crippen LogP contribution is -2.54. The number of carbonyl (C=O) groups is 3. The summed E-state index contributed by atoms with van der Waals surface area (Å²) in [7, 11) is 1.50. The molecule has 152 valence electrons. The lowest BCUT2D eigenvalue weighted by atomic mass is 10.0. The minimum Gasteiger partial charge on any atom is -0.497 e. The Morgan fingerprint density at radius 2 is 1.71 bits per heavy atom. The van der Waals surface area contributed by atoms with E-state index >= 15 is 0 Å². The third kappa shape index (κ3) is 3.18. The van der Waals surface area contributed by atoms with Gasteiger partial charge in [-0.1, -0.05) is 42.5 Å². The normalized spacial score (nSPS) is 16.2. The molecule has 5 rings (SSSR count). The minimum atomic E-state index is -0.789. The Morgan fingerprint density at radius 1 is 0.903 bits per heavy atom. The molecule has 0 radical (unpaired) electrons. The molecule has 6 nitrogen and oxygen atoms in total. The lowest BCUT2D eigenvalue weighted by Gasteiger charge is -2.26. The van der Waals surface area contributed by atoms with E-state index in [1.165, 1.54) is 24.3 Å². The number of barbiturate groups is 1. The highest BCUT2D eigenvalue weighted by atomic mass is 16.5. The summed E-state index contributed by atoms with van der Waals surface area (Å²) < 4.78 is 5.18. The highest BCUT2D eigenvalue weighted by molar-refractivity contribution is 6.39. The van der Waals surface area contributed by atoms with Crippen molar-refractivity contribution < 1.29 is 19.1 Å². The summed E-state index contributed by atoms with van der Waals surface area (Å²) >= 11 is 0. The number of hydrogen-bond acceptors (Lipinski definition) is 4. The van der Waals surface area contributed by atoms with E-state index in [9.17, 15) is 14.4 Å². The van der Waals surface area contributed by atoms with Crippen molar-refractivity contribution in [2.24, 2.45) is 0 Å². The monoisotopic (exact) mass is 410 g/mol. The molecule has 0 spiro atoms. The molecule has 1 fully saturated rings. The Kier molecular flexibility index (Phi) is 4.40. The van der Waals surface area contributed by atoms with Gasteiger partial charge < -0.3 is 4.74 Å². The zero-order valence-corrected chi connectivity index (χ0v) is 16.7. The van der Waals surface area contributed by atoms with Crippen LogP contribution in [0, 0.1) is 0 Å². The van der Waals surface area contributed by atoms with Crippen LogP contribution in [0.3, 0.4) is 0 Å². The third-order valence-corrected chi connectivity index (χ3v) is 5.55. The number of methoxy groups -OCH3 is 1. The summed E-state index contributed by atoms with van der Waals surface area (Å²) in [6.45, 7) is 0. The van der Waals surface area contributed by atoms with Gasteiger partial charge in [0, 0.05) is 6.07 Å². The summed E-state index contributed by atoms with van der Waals surface area (Å²) in [5.41, 5.74) is 5.64. The molecule has 1 saturated heterocycles. The van der Waals surface area contributed by atoms with Gasteiger partial charge in [0.2, 0.25) is 0 Å². The second-order valence-electron chi connectivity index (χ2n) is 7.41. The van der Waals surface area contributed by atoms with E-state index in [4.69, 9.17) is 4.74 Å². The number of nitrogens with one attached hydrogen (secondary N) is 1. The number of anilines is 1. The zero-order valence-electron chi connectivity index (χ0n) is 16.7. The largest absolute Gasteiger partial charge is 0.497 e. The van der Waals surface area contributed by atoms with Crippen LogP contribution >= 0.6 is 0 Å². The smallest absolute Gasteiger partial charge is 0.335 e. The van der Waals surface area contributed by atoms with Crippen LogP contribution in [0.25, 0.3) is 17.2 Å². The first-order valence-corrected chi connectivity index (χ1v) is 9.82. The Morgan fingerprint density at radius 3 is 2.55 bits per heavy atom. The number of ether oxygens (including phenoxy) is 1. The Balaban J connectivity index is 1.53. The van der Waals surface area contributed by atoms with E-state index in [-0.39, 0.29) is 5.57 Å². The summed E-state index contributed by atoms with van der Waals surface area (Å²) in [4.78, 5) is 38.9. The molecule has 4 amide bonds. The standard InChI is InChI=1S/C25H18N2O4/c1-31-19-7-4-6-18(14-19)27-24(29)22(23(28)26-25(27)30)12-15-9-10-17-13-16-5-2-3-8-20(16)21(17)11-15/h2-12,14H,13H2,1H3,(H,26,28,30)/b22-12-. The summed E-state index contributed by atoms with van der Waals surface area (Å²) in [6.07, 6.45) is 2.39. The van der Waals surface area contributed by atoms with E-state index in [0.717, 1.165) is 22.4 Å². The van der Waals surface area contributed by atoms with Gasteiger partial charge in [-0.2, -0.15) is 0 Å². The predicted octanol–water partition coefficient (Wildman–Crippen LogP) is 3.93. The van der Waals surface area contributed by atoms with Crippen molar-refractivity contribution in [1.29, 1.82) is 0 Å². The van der Waals surface area contributed by atoms with E-state index < -0.39 is 17.8 Å². The molecule has 1 aliphatic heterocycles.